The highest BCUT2D eigenvalue weighted by molar-refractivity contribution is 7.19. The summed E-state index contributed by atoms with van der Waals surface area (Å²) in [6, 6.07) is 7.07. The molecule has 0 aliphatic carbocycles. The highest BCUT2D eigenvalue weighted by Crippen LogP contribution is 2.29. The van der Waals surface area contributed by atoms with E-state index in [-0.39, 0.29) is 5.57 Å². The molecule has 1 aliphatic rings. The fourth-order valence-corrected chi connectivity index (χ4v) is 3.52. The average Bonchev–Trinajstić information content (AvgIpc) is 3.37. The van der Waals surface area contributed by atoms with Gasteiger partial charge in [-0.3, -0.25) is 10.1 Å². The topological polar surface area (TPSA) is 100 Å². The SMILES string of the molecule is COc1ccc(/C=C(/C#N)C(=O)Nc2nnc(N3CCCC3)s2)cc1OC. The predicted octanol–water partition coefficient (Wildman–Crippen LogP) is 2.70. The maximum absolute atomic E-state index is 12.4. The molecule has 1 fully saturated rings. The van der Waals surface area contributed by atoms with Gasteiger partial charge in [0.05, 0.1) is 14.2 Å². The van der Waals surface area contributed by atoms with Crippen molar-refractivity contribution in [2.75, 3.05) is 37.5 Å². The highest BCUT2D eigenvalue weighted by atomic mass is 32.1. The van der Waals surface area contributed by atoms with E-state index in [4.69, 9.17) is 9.47 Å². The van der Waals surface area contributed by atoms with Gasteiger partial charge in [-0.05, 0) is 36.6 Å². The number of rotatable bonds is 6. The number of benzene rings is 1. The van der Waals surface area contributed by atoms with Crippen LogP contribution in [0.15, 0.2) is 23.8 Å². The lowest BCUT2D eigenvalue weighted by atomic mass is 10.1. The Kier molecular flexibility index (Phi) is 5.88. The number of nitriles is 1. The summed E-state index contributed by atoms with van der Waals surface area (Å²) in [5.41, 5.74) is 0.606. The van der Waals surface area contributed by atoms with Crippen LogP contribution in [-0.4, -0.2) is 43.4 Å². The van der Waals surface area contributed by atoms with Crippen molar-refractivity contribution in [3.8, 4) is 17.6 Å². The molecule has 0 bridgehead atoms. The first kappa shape index (κ1) is 18.7. The molecule has 8 nitrogen and oxygen atoms in total. The largest absolute Gasteiger partial charge is 0.493 e. The second kappa shape index (κ2) is 8.51. The van der Waals surface area contributed by atoms with Crippen LogP contribution in [0.2, 0.25) is 0 Å². The van der Waals surface area contributed by atoms with Crippen LogP contribution in [0, 0.1) is 11.3 Å². The third-order valence-electron chi connectivity index (χ3n) is 4.10. The summed E-state index contributed by atoms with van der Waals surface area (Å²) in [7, 11) is 3.07. The van der Waals surface area contributed by atoms with Gasteiger partial charge in [0, 0.05) is 13.1 Å². The molecule has 1 aromatic heterocycles. The summed E-state index contributed by atoms with van der Waals surface area (Å²) in [5.74, 6) is 0.556. The minimum Gasteiger partial charge on any atom is -0.493 e. The fraction of sp³-hybridized carbons (Fsp3) is 0.333. The van der Waals surface area contributed by atoms with E-state index in [1.807, 2.05) is 6.07 Å². The number of hydrogen-bond donors (Lipinski definition) is 1. The zero-order valence-corrected chi connectivity index (χ0v) is 15.9. The maximum atomic E-state index is 12.4. The van der Waals surface area contributed by atoms with E-state index in [1.54, 1.807) is 25.3 Å². The molecule has 140 valence electrons. The molecule has 1 aliphatic heterocycles. The van der Waals surface area contributed by atoms with Gasteiger partial charge in [-0.2, -0.15) is 5.26 Å². The van der Waals surface area contributed by atoms with E-state index in [0.29, 0.717) is 22.2 Å². The van der Waals surface area contributed by atoms with E-state index >= 15 is 0 Å². The molecule has 2 heterocycles. The van der Waals surface area contributed by atoms with Gasteiger partial charge in [-0.1, -0.05) is 17.4 Å². The summed E-state index contributed by atoms with van der Waals surface area (Å²) in [5, 5.41) is 21.3. The number of amides is 1. The standard InChI is InChI=1S/C18H19N5O3S/c1-25-14-6-5-12(10-15(14)26-2)9-13(11-19)16(24)20-17-21-22-18(27-17)23-7-3-4-8-23/h5-6,9-10H,3-4,7-8H2,1-2H3,(H,20,21,24)/b13-9-. The van der Waals surface area contributed by atoms with Crippen molar-refractivity contribution in [3.05, 3.63) is 29.3 Å². The number of aromatic nitrogens is 2. The summed E-state index contributed by atoms with van der Waals surface area (Å²) >= 11 is 1.30. The molecule has 1 amide bonds. The van der Waals surface area contributed by atoms with Crippen LogP contribution < -0.4 is 19.7 Å². The van der Waals surface area contributed by atoms with Gasteiger partial charge < -0.3 is 14.4 Å². The van der Waals surface area contributed by atoms with Crippen LogP contribution in [0.25, 0.3) is 6.08 Å². The number of nitrogens with one attached hydrogen (secondary N) is 1. The van der Waals surface area contributed by atoms with Crippen molar-refractivity contribution in [2.45, 2.75) is 12.8 Å². The Hall–Kier alpha value is -3.12. The van der Waals surface area contributed by atoms with Crippen LogP contribution >= 0.6 is 11.3 Å². The molecule has 0 unspecified atom stereocenters. The van der Waals surface area contributed by atoms with Gasteiger partial charge in [0.15, 0.2) is 11.5 Å². The number of nitrogens with zero attached hydrogens (tertiary/aromatic N) is 4. The van der Waals surface area contributed by atoms with Gasteiger partial charge >= 0.3 is 0 Å². The molecular weight excluding hydrogens is 366 g/mol. The lowest BCUT2D eigenvalue weighted by Crippen LogP contribution is -2.17. The Morgan fingerprint density at radius 3 is 2.67 bits per heavy atom. The normalized spacial score (nSPS) is 14.0. The lowest BCUT2D eigenvalue weighted by Gasteiger charge is -2.10. The van der Waals surface area contributed by atoms with E-state index < -0.39 is 5.91 Å². The Morgan fingerprint density at radius 1 is 1.26 bits per heavy atom. The van der Waals surface area contributed by atoms with Gasteiger partial charge in [0.2, 0.25) is 10.3 Å². The van der Waals surface area contributed by atoms with E-state index in [1.165, 1.54) is 24.5 Å². The Bertz CT molecular complexity index is 897. The zero-order chi connectivity index (χ0) is 19.2. The summed E-state index contributed by atoms with van der Waals surface area (Å²) in [6.45, 7) is 1.90. The third kappa shape index (κ3) is 4.35. The summed E-state index contributed by atoms with van der Waals surface area (Å²) in [4.78, 5) is 14.6. The lowest BCUT2D eigenvalue weighted by molar-refractivity contribution is -0.112. The number of hydrogen-bond acceptors (Lipinski definition) is 8. The van der Waals surface area contributed by atoms with Crippen LogP contribution in [0.5, 0.6) is 11.5 Å². The van der Waals surface area contributed by atoms with Crippen LogP contribution in [-0.2, 0) is 4.79 Å². The molecule has 27 heavy (non-hydrogen) atoms. The molecular formula is C18H19N5O3S. The van der Waals surface area contributed by atoms with E-state index in [2.05, 4.69) is 20.4 Å². The van der Waals surface area contributed by atoms with Crippen molar-refractivity contribution in [2.24, 2.45) is 0 Å². The number of methoxy groups -OCH3 is 2. The van der Waals surface area contributed by atoms with Crippen molar-refractivity contribution in [3.63, 3.8) is 0 Å². The summed E-state index contributed by atoms with van der Waals surface area (Å²) < 4.78 is 10.4. The van der Waals surface area contributed by atoms with Crippen molar-refractivity contribution in [1.29, 1.82) is 5.26 Å². The Morgan fingerprint density at radius 2 is 2.00 bits per heavy atom. The minimum atomic E-state index is -0.531. The number of carbonyl (C=O) groups excluding carboxylic acids is 1. The van der Waals surface area contributed by atoms with Crippen molar-refractivity contribution in [1.82, 2.24) is 10.2 Å². The highest BCUT2D eigenvalue weighted by Gasteiger charge is 2.18. The van der Waals surface area contributed by atoms with Crippen molar-refractivity contribution >= 4 is 33.6 Å². The van der Waals surface area contributed by atoms with Gasteiger partial charge in [-0.15, -0.1) is 10.2 Å². The Labute approximate surface area is 161 Å². The van der Waals surface area contributed by atoms with Crippen LogP contribution in [0.4, 0.5) is 10.3 Å². The second-order valence-corrected chi connectivity index (χ2v) is 6.78. The summed E-state index contributed by atoms with van der Waals surface area (Å²) in [6.07, 6.45) is 3.75. The molecule has 2 aromatic rings. The van der Waals surface area contributed by atoms with E-state index in [9.17, 15) is 10.1 Å². The molecule has 9 heteroatoms. The molecule has 0 atom stereocenters. The van der Waals surface area contributed by atoms with Gasteiger partial charge in [0.1, 0.15) is 11.6 Å². The quantitative estimate of drug-likeness (QED) is 0.603. The molecule has 1 N–H and O–H groups in total. The van der Waals surface area contributed by atoms with Gasteiger partial charge in [0.25, 0.3) is 5.91 Å². The second-order valence-electron chi connectivity index (χ2n) is 5.82. The third-order valence-corrected chi connectivity index (χ3v) is 4.99. The van der Waals surface area contributed by atoms with Crippen molar-refractivity contribution < 1.29 is 14.3 Å². The smallest absolute Gasteiger partial charge is 0.268 e. The maximum Gasteiger partial charge on any atom is 0.268 e. The number of carbonyl (C=O) groups is 1. The minimum absolute atomic E-state index is 0.0415. The van der Waals surface area contributed by atoms with Gasteiger partial charge in [-0.25, -0.2) is 0 Å². The van der Waals surface area contributed by atoms with Crippen LogP contribution in [0.3, 0.4) is 0 Å². The first-order valence-electron chi connectivity index (χ1n) is 8.38. The Balaban J connectivity index is 1.74. The molecule has 0 radical (unpaired) electrons. The fourth-order valence-electron chi connectivity index (χ4n) is 2.72. The molecule has 1 saturated heterocycles. The zero-order valence-electron chi connectivity index (χ0n) is 15.1. The number of anilines is 2. The van der Waals surface area contributed by atoms with E-state index in [0.717, 1.165) is 31.1 Å². The molecule has 1 aromatic carbocycles. The van der Waals surface area contributed by atoms with Crippen LogP contribution in [0.1, 0.15) is 18.4 Å². The average molecular weight is 385 g/mol. The monoisotopic (exact) mass is 385 g/mol. The first-order valence-corrected chi connectivity index (χ1v) is 9.20. The molecule has 3 rings (SSSR count). The predicted molar refractivity (Wildman–Crippen MR) is 103 cm³/mol. The number of ether oxygens (including phenoxy) is 2. The first-order chi connectivity index (χ1) is 13.1. The molecule has 0 spiro atoms. The molecule has 0 saturated carbocycles.